The van der Waals surface area contributed by atoms with Gasteiger partial charge in [0.25, 0.3) is 0 Å². The van der Waals surface area contributed by atoms with E-state index in [2.05, 4.69) is 38.1 Å². The lowest BCUT2D eigenvalue weighted by Crippen LogP contribution is -2.06. The maximum absolute atomic E-state index is 6.79. The zero-order valence-corrected chi connectivity index (χ0v) is 29.4. The number of hydrogen-bond donors (Lipinski definition) is 0. The Morgan fingerprint density at radius 2 is 0.739 bits per heavy atom. The third-order valence-corrected chi connectivity index (χ3v) is 9.41. The van der Waals surface area contributed by atoms with Crippen LogP contribution in [0.4, 0.5) is 0 Å². The fourth-order valence-electron chi connectivity index (χ4n) is 5.07. The predicted octanol–water partition coefficient (Wildman–Crippen LogP) is 11.6. The monoisotopic (exact) mass is 654 g/mol. The van der Waals surface area contributed by atoms with E-state index in [1.165, 1.54) is 0 Å². The van der Waals surface area contributed by atoms with E-state index in [4.69, 9.17) is 27.1 Å². The Morgan fingerprint density at radius 3 is 1.11 bits per heavy atom. The van der Waals surface area contributed by atoms with E-state index in [-0.39, 0.29) is 0 Å². The van der Waals surface area contributed by atoms with Crippen molar-refractivity contribution in [3.05, 3.63) is 136 Å². The summed E-state index contributed by atoms with van der Waals surface area (Å²) in [6.07, 6.45) is 0. The maximum atomic E-state index is 6.79. The standard InChI is InChI=1S/C38H40O6P2/c1-25-21-30(6)37(43-45(39-8)40-34-18-12-9-15-27(34)3)32(23-25)33-24-26(2)22-31(7)38(33)44-46(41-35-19-13-10-16-28(35)4)42-36-20-14-11-17-29(36)5/h9-24H,1-8H3. The molecule has 0 aromatic heterocycles. The average Bonchev–Trinajstić information content (AvgIpc) is 3.02. The molecule has 0 bridgehead atoms. The lowest BCUT2D eigenvalue weighted by atomic mass is 9.95. The molecule has 6 nitrogen and oxygen atoms in total. The topological polar surface area (TPSA) is 55.4 Å². The van der Waals surface area contributed by atoms with Gasteiger partial charge in [-0.05, 0) is 118 Å². The molecule has 0 N–H and O–H groups in total. The van der Waals surface area contributed by atoms with Gasteiger partial charge in [0.05, 0.1) is 0 Å². The first-order valence-corrected chi connectivity index (χ1v) is 17.3. The van der Waals surface area contributed by atoms with Crippen LogP contribution in [-0.2, 0) is 4.52 Å². The third kappa shape index (κ3) is 8.00. The van der Waals surface area contributed by atoms with Gasteiger partial charge in [0, 0.05) is 18.2 Å². The molecular formula is C38H40O6P2. The molecule has 0 aliphatic carbocycles. The van der Waals surface area contributed by atoms with Crippen molar-refractivity contribution in [2.45, 2.75) is 48.5 Å². The van der Waals surface area contributed by atoms with Gasteiger partial charge in [-0.25, -0.2) is 0 Å². The van der Waals surface area contributed by atoms with Crippen LogP contribution in [0, 0.1) is 48.5 Å². The zero-order valence-electron chi connectivity index (χ0n) is 27.6. The van der Waals surface area contributed by atoms with Gasteiger partial charge in [0.15, 0.2) is 0 Å². The third-order valence-electron chi connectivity index (χ3n) is 7.41. The van der Waals surface area contributed by atoms with Gasteiger partial charge in [-0.2, -0.15) is 0 Å². The summed E-state index contributed by atoms with van der Waals surface area (Å²) in [7, 11) is -2.09. The number of rotatable bonds is 12. The number of aryl methyl sites for hydroxylation is 7. The predicted molar refractivity (Wildman–Crippen MR) is 188 cm³/mol. The van der Waals surface area contributed by atoms with Gasteiger partial charge < -0.3 is 22.6 Å². The quantitative estimate of drug-likeness (QED) is 0.125. The highest BCUT2D eigenvalue weighted by atomic mass is 31.2. The van der Waals surface area contributed by atoms with E-state index >= 15 is 0 Å². The molecular weight excluding hydrogens is 614 g/mol. The second-order valence-electron chi connectivity index (χ2n) is 11.3. The molecule has 46 heavy (non-hydrogen) atoms. The molecule has 0 saturated carbocycles. The fourth-order valence-corrected chi connectivity index (χ4v) is 7.24. The molecule has 5 rings (SSSR count). The van der Waals surface area contributed by atoms with Crippen molar-refractivity contribution in [1.82, 2.24) is 0 Å². The first-order chi connectivity index (χ1) is 22.1. The minimum absolute atomic E-state index is 0.648. The summed E-state index contributed by atoms with van der Waals surface area (Å²) in [5.41, 5.74) is 8.75. The van der Waals surface area contributed by atoms with Gasteiger partial charge >= 0.3 is 17.2 Å². The highest BCUT2D eigenvalue weighted by Crippen LogP contribution is 2.52. The van der Waals surface area contributed by atoms with Crippen LogP contribution in [0.2, 0.25) is 0 Å². The normalized spacial score (nSPS) is 11.7. The Kier molecular flexibility index (Phi) is 10.9. The summed E-state index contributed by atoms with van der Waals surface area (Å²) in [6, 6.07) is 31.9. The molecule has 0 spiro atoms. The van der Waals surface area contributed by atoms with E-state index < -0.39 is 17.2 Å². The van der Waals surface area contributed by atoms with Crippen LogP contribution >= 0.6 is 17.2 Å². The lowest BCUT2D eigenvalue weighted by Gasteiger charge is -2.24. The smallest absolute Gasteiger partial charge is 0.417 e. The van der Waals surface area contributed by atoms with Crippen LogP contribution < -0.4 is 22.6 Å². The van der Waals surface area contributed by atoms with Gasteiger partial charge in [-0.1, -0.05) is 66.7 Å². The lowest BCUT2D eigenvalue weighted by molar-refractivity contribution is 0.322. The highest BCUT2D eigenvalue weighted by Gasteiger charge is 2.28. The number of para-hydroxylation sites is 3. The molecule has 5 aromatic carbocycles. The van der Waals surface area contributed by atoms with Crippen molar-refractivity contribution in [2.75, 3.05) is 7.11 Å². The van der Waals surface area contributed by atoms with E-state index in [0.717, 1.165) is 50.1 Å². The van der Waals surface area contributed by atoms with E-state index in [1.54, 1.807) is 7.11 Å². The van der Waals surface area contributed by atoms with Crippen LogP contribution in [0.25, 0.3) is 11.1 Å². The summed E-state index contributed by atoms with van der Waals surface area (Å²) in [5.74, 6) is 3.41. The van der Waals surface area contributed by atoms with Crippen molar-refractivity contribution in [1.29, 1.82) is 0 Å². The Hall–Kier alpha value is -4.08. The zero-order chi connectivity index (χ0) is 32.8. The van der Waals surface area contributed by atoms with Crippen LogP contribution in [0.15, 0.2) is 97.1 Å². The summed E-state index contributed by atoms with van der Waals surface area (Å²) in [6.45, 7) is 14.2. The average molecular weight is 655 g/mol. The largest absolute Gasteiger partial charge is 0.530 e. The molecule has 0 saturated heterocycles. The minimum atomic E-state index is -1.92. The van der Waals surface area contributed by atoms with Crippen LogP contribution in [-0.4, -0.2) is 7.11 Å². The molecule has 1 unspecified atom stereocenters. The maximum Gasteiger partial charge on any atom is 0.530 e. The molecule has 0 aliphatic rings. The Morgan fingerprint density at radius 1 is 0.391 bits per heavy atom. The fraction of sp³-hybridized carbons (Fsp3) is 0.211. The van der Waals surface area contributed by atoms with Crippen LogP contribution in [0.5, 0.6) is 28.7 Å². The van der Waals surface area contributed by atoms with Crippen molar-refractivity contribution >= 4 is 17.2 Å². The summed E-state index contributed by atoms with van der Waals surface area (Å²) < 4.78 is 38.3. The summed E-state index contributed by atoms with van der Waals surface area (Å²) in [5, 5.41) is 0. The van der Waals surface area contributed by atoms with Crippen LogP contribution in [0.3, 0.4) is 0 Å². The van der Waals surface area contributed by atoms with Crippen molar-refractivity contribution in [2.24, 2.45) is 0 Å². The van der Waals surface area contributed by atoms with Crippen molar-refractivity contribution in [3.63, 3.8) is 0 Å². The van der Waals surface area contributed by atoms with Gasteiger partial charge in [-0.15, -0.1) is 0 Å². The molecule has 5 aromatic rings. The molecule has 238 valence electrons. The van der Waals surface area contributed by atoms with E-state index in [1.807, 2.05) is 107 Å². The molecule has 0 amide bonds. The Bertz CT molecular complexity index is 1770. The van der Waals surface area contributed by atoms with Crippen LogP contribution in [0.1, 0.15) is 38.9 Å². The van der Waals surface area contributed by atoms with Gasteiger partial charge in [0.1, 0.15) is 28.7 Å². The SMILES string of the molecule is COP(Oc1ccccc1C)Oc1c(C)cc(C)cc1-c1cc(C)cc(C)c1OP(Oc1ccccc1C)Oc1ccccc1C. The van der Waals surface area contributed by atoms with Gasteiger partial charge in [-0.3, -0.25) is 4.52 Å². The molecule has 0 aliphatic heterocycles. The second-order valence-corrected chi connectivity index (χ2v) is 13.5. The van der Waals surface area contributed by atoms with Gasteiger partial charge in [0.2, 0.25) is 0 Å². The molecule has 0 heterocycles. The van der Waals surface area contributed by atoms with Crippen molar-refractivity contribution in [3.8, 4) is 39.9 Å². The molecule has 1 atom stereocenters. The first-order valence-electron chi connectivity index (χ1n) is 15.1. The Labute approximate surface area is 275 Å². The second kappa shape index (κ2) is 15.0. The molecule has 8 heteroatoms. The highest BCUT2D eigenvalue weighted by molar-refractivity contribution is 7.43. The minimum Gasteiger partial charge on any atom is -0.417 e. The number of hydrogen-bond acceptors (Lipinski definition) is 6. The molecule has 0 radical (unpaired) electrons. The number of benzene rings is 5. The van der Waals surface area contributed by atoms with E-state index in [0.29, 0.717) is 28.7 Å². The first kappa shape index (κ1) is 33.3. The summed E-state index contributed by atoms with van der Waals surface area (Å²) >= 11 is 0. The van der Waals surface area contributed by atoms with E-state index in [9.17, 15) is 0 Å². The Balaban J connectivity index is 1.58. The summed E-state index contributed by atoms with van der Waals surface area (Å²) in [4.78, 5) is 0. The van der Waals surface area contributed by atoms with Crippen molar-refractivity contribution < 1.29 is 27.1 Å². The molecule has 0 fully saturated rings.